The van der Waals surface area contributed by atoms with E-state index in [1.165, 1.54) is 14.2 Å². The normalized spacial score (nSPS) is 10.9. The molecule has 27 heavy (non-hydrogen) atoms. The van der Waals surface area contributed by atoms with Crippen LogP contribution < -0.4 is 10.1 Å². The van der Waals surface area contributed by atoms with Crippen LogP contribution >= 0.6 is 39.1 Å². The van der Waals surface area contributed by atoms with Gasteiger partial charge in [0.1, 0.15) is 24.0 Å². The van der Waals surface area contributed by atoms with Gasteiger partial charge in [-0.05, 0) is 23.8 Å². The van der Waals surface area contributed by atoms with Crippen molar-refractivity contribution >= 4 is 56.8 Å². The van der Waals surface area contributed by atoms with E-state index in [0.29, 0.717) is 11.3 Å². The summed E-state index contributed by atoms with van der Waals surface area (Å²) in [5, 5.41) is 6.40. The second kappa shape index (κ2) is 10.3. The van der Waals surface area contributed by atoms with Gasteiger partial charge in [-0.1, -0.05) is 74.6 Å². The fraction of sp³-hybridized carbons (Fsp3) is 0.158. The zero-order valence-corrected chi connectivity index (χ0v) is 17.7. The van der Waals surface area contributed by atoms with Gasteiger partial charge >= 0.3 is 0 Å². The summed E-state index contributed by atoms with van der Waals surface area (Å²) in [5.74, 6) is 0.229. The highest BCUT2D eigenvalue weighted by Gasteiger charge is 2.17. The zero-order chi connectivity index (χ0) is 19.8. The third-order valence-corrected chi connectivity index (χ3v) is 4.23. The number of amides is 1. The van der Waals surface area contributed by atoms with Crippen molar-refractivity contribution in [3.05, 3.63) is 68.1 Å². The van der Waals surface area contributed by atoms with Crippen molar-refractivity contribution in [2.24, 2.45) is 5.16 Å². The highest BCUT2D eigenvalue weighted by molar-refractivity contribution is 9.10. The number of carbonyl (C=O) groups is 1. The van der Waals surface area contributed by atoms with Crippen LogP contribution in [0.15, 0.2) is 56.6 Å². The van der Waals surface area contributed by atoms with Crippen LogP contribution in [0.1, 0.15) is 16.7 Å². The van der Waals surface area contributed by atoms with E-state index in [1.54, 1.807) is 12.1 Å². The summed E-state index contributed by atoms with van der Waals surface area (Å²) in [5.41, 5.74) is 2.27. The van der Waals surface area contributed by atoms with Gasteiger partial charge in [-0.3, -0.25) is 4.79 Å². The van der Waals surface area contributed by atoms with Crippen LogP contribution in [0.2, 0.25) is 0 Å². The van der Waals surface area contributed by atoms with E-state index in [0.717, 1.165) is 15.6 Å². The Bertz CT molecular complexity index is 881. The molecule has 0 spiro atoms. The number of likely N-dealkylation sites (N-methyl/N-ethyl adjacent to an activating group) is 1. The second-order valence-electron chi connectivity index (χ2n) is 5.26. The van der Waals surface area contributed by atoms with Crippen molar-refractivity contribution in [3.63, 3.8) is 0 Å². The minimum absolute atomic E-state index is 0.122. The number of hydrogen-bond donors (Lipinski definition) is 1. The highest BCUT2D eigenvalue weighted by atomic mass is 79.9. The van der Waals surface area contributed by atoms with Crippen LogP contribution in [-0.2, 0) is 16.2 Å². The van der Waals surface area contributed by atoms with Gasteiger partial charge in [-0.15, -0.1) is 0 Å². The molecule has 0 aromatic heterocycles. The Labute approximate surface area is 176 Å². The molecule has 8 heteroatoms. The predicted molar refractivity (Wildman–Crippen MR) is 112 cm³/mol. The fourth-order valence-electron chi connectivity index (χ4n) is 2.33. The number of nitrogens with one attached hydrogen (secondary N) is 1. The smallest absolute Gasteiger partial charge is 0.273 e. The number of benzene rings is 2. The number of nitrogens with zero attached hydrogens (tertiary/aromatic N) is 1. The van der Waals surface area contributed by atoms with Gasteiger partial charge in [0.25, 0.3) is 5.91 Å². The molecule has 2 aromatic carbocycles. The highest BCUT2D eigenvalue weighted by Crippen LogP contribution is 2.28. The monoisotopic (exact) mass is 470 g/mol. The molecule has 0 unspecified atom stereocenters. The lowest BCUT2D eigenvalue weighted by molar-refractivity contribution is -0.114. The predicted octanol–water partition coefficient (Wildman–Crippen LogP) is 4.90. The van der Waals surface area contributed by atoms with Gasteiger partial charge in [-0.25, -0.2) is 0 Å². The zero-order valence-electron chi connectivity index (χ0n) is 14.6. The molecule has 2 rings (SSSR count). The molecule has 0 saturated carbocycles. The third kappa shape index (κ3) is 5.99. The van der Waals surface area contributed by atoms with Crippen molar-refractivity contribution in [2.75, 3.05) is 14.2 Å². The SMILES string of the molecule is CNC(=O)C(=NOC)c1ccccc1COc1cc(Br)ccc1C=C(Cl)Cl. The molecule has 142 valence electrons. The molecule has 1 amide bonds. The Morgan fingerprint density at radius 2 is 2.00 bits per heavy atom. The first-order valence-electron chi connectivity index (χ1n) is 7.82. The topological polar surface area (TPSA) is 59.9 Å². The van der Waals surface area contributed by atoms with Gasteiger partial charge < -0.3 is 14.9 Å². The van der Waals surface area contributed by atoms with Crippen molar-refractivity contribution in [1.82, 2.24) is 5.32 Å². The lowest BCUT2D eigenvalue weighted by atomic mass is 10.0. The number of halogens is 3. The fourth-order valence-corrected chi connectivity index (χ4v) is 2.90. The van der Waals surface area contributed by atoms with Gasteiger partial charge in [0.15, 0.2) is 5.71 Å². The summed E-state index contributed by atoms with van der Waals surface area (Å²) in [6, 6.07) is 12.8. The van der Waals surface area contributed by atoms with E-state index in [1.807, 2.05) is 36.4 Å². The Hall–Kier alpha value is -2.02. The van der Waals surface area contributed by atoms with Crippen LogP contribution in [0, 0.1) is 0 Å². The van der Waals surface area contributed by atoms with Gasteiger partial charge in [0.05, 0.1) is 0 Å². The van der Waals surface area contributed by atoms with Crippen molar-refractivity contribution in [3.8, 4) is 5.75 Å². The van der Waals surface area contributed by atoms with Crippen LogP contribution in [0.25, 0.3) is 6.08 Å². The van der Waals surface area contributed by atoms with E-state index < -0.39 is 0 Å². The van der Waals surface area contributed by atoms with E-state index in [9.17, 15) is 4.79 Å². The maximum Gasteiger partial charge on any atom is 0.273 e. The van der Waals surface area contributed by atoms with Crippen molar-refractivity contribution < 1.29 is 14.4 Å². The molecule has 0 aliphatic carbocycles. The Morgan fingerprint density at radius 1 is 1.26 bits per heavy atom. The molecule has 2 aromatic rings. The lowest BCUT2D eigenvalue weighted by Crippen LogP contribution is -2.29. The summed E-state index contributed by atoms with van der Waals surface area (Å²) in [6.45, 7) is 0.201. The van der Waals surface area contributed by atoms with Crippen LogP contribution in [0.3, 0.4) is 0 Å². The molecule has 0 saturated heterocycles. The van der Waals surface area contributed by atoms with Crippen molar-refractivity contribution in [2.45, 2.75) is 6.61 Å². The summed E-state index contributed by atoms with van der Waals surface area (Å²) in [6.07, 6.45) is 1.60. The molecule has 0 heterocycles. The molecule has 5 nitrogen and oxygen atoms in total. The molecule has 0 aliphatic heterocycles. The molecule has 1 N–H and O–H groups in total. The number of oxime groups is 1. The third-order valence-electron chi connectivity index (χ3n) is 3.52. The van der Waals surface area contributed by atoms with E-state index >= 15 is 0 Å². The van der Waals surface area contributed by atoms with E-state index in [4.69, 9.17) is 32.8 Å². The maximum atomic E-state index is 12.1. The van der Waals surface area contributed by atoms with Crippen molar-refractivity contribution in [1.29, 1.82) is 0 Å². The summed E-state index contributed by atoms with van der Waals surface area (Å²) < 4.78 is 6.94. The maximum absolute atomic E-state index is 12.1. The first kappa shape index (κ1) is 21.3. The summed E-state index contributed by atoms with van der Waals surface area (Å²) in [4.78, 5) is 17.0. The van der Waals surface area contributed by atoms with E-state index in [-0.39, 0.29) is 22.7 Å². The molecule has 0 radical (unpaired) electrons. The lowest BCUT2D eigenvalue weighted by Gasteiger charge is -2.14. The molecule has 0 bridgehead atoms. The number of hydrogen-bond acceptors (Lipinski definition) is 4. The largest absolute Gasteiger partial charge is 0.488 e. The molecule has 0 atom stereocenters. The number of carbonyl (C=O) groups excluding carboxylic acids is 1. The van der Waals surface area contributed by atoms with Crippen LogP contribution in [0.5, 0.6) is 5.75 Å². The molecule has 0 aliphatic rings. The van der Waals surface area contributed by atoms with Crippen LogP contribution in [0.4, 0.5) is 0 Å². The molecular formula is C19H17BrCl2N2O3. The first-order valence-corrected chi connectivity index (χ1v) is 9.37. The van der Waals surface area contributed by atoms with E-state index in [2.05, 4.69) is 26.4 Å². The standard InChI is InChI=1S/C19H17BrCl2N2O3/c1-23-19(25)18(24-26-2)15-6-4-3-5-13(15)11-27-16-10-14(20)8-7-12(16)9-17(21)22/h3-10H,11H2,1-2H3,(H,23,25). The molecular weight excluding hydrogens is 455 g/mol. The quantitative estimate of drug-likeness (QED) is 0.461. The van der Waals surface area contributed by atoms with Crippen LogP contribution in [-0.4, -0.2) is 25.8 Å². The Kier molecular flexibility index (Phi) is 8.16. The minimum Gasteiger partial charge on any atom is -0.488 e. The molecule has 0 fully saturated rings. The minimum atomic E-state index is -0.357. The van der Waals surface area contributed by atoms with Gasteiger partial charge in [0.2, 0.25) is 0 Å². The van der Waals surface area contributed by atoms with Gasteiger partial charge in [0, 0.05) is 22.6 Å². The summed E-state index contributed by atoms with van der Waals surface area (Å²) in [7, 11) is 2.92. The summed E-state index contributed by atoms with van der Waals surface area (Å²) >= 11 is 15.0. The first-order chi connectivity index (χ1) is 13.0. The average molecular weight is 472 g/mol. The van der Waals surface area contributed by atoms with Gasteiger partial charge in [-0.2, -0.15) is 0 Å². The number of rotatable bonds is 7. The Morgan fingerprint density at radius 3 is 2.67 bits per heavy atom. The average Bonchev–Trinajstić information content (AvgIpc) is 2.65. The Balaban J connectivity index is 2.35. The second-order valence-corrected chi connectivity index (χ2v) is 7.19. The number of ether oxygens (including phenoxy) is 1.